The zero-order valence-electron chi connectivity index (χ0n) is 10.6. The van der Waals surface area contributed by atoms with Crippen LogP contribution >= 0.6 is 0 Å². The summed E-state index contributed by atoms with van der Waals surface area (Å²) in [5.41, 5.74) is 0. The number of methoxy groups -OCH3 is 1. The van der Waals surface area contributed by atoms with Crippen molar-refractivity contribution in [2.24, 2.45) is 0 Å². The van der Waals surface area contributed by atoms with Gasteiger partial charge in [-0.25, -0.2) is 13.2 Å². The predicted octanol–water partition coefficient (Wildman–Crippen LogP) is -0.711. The van der Waals surface area contributed by atoms with Crippen LogP contribution in [-0.4, -0.2) is 68.1 Å². The van der Waals surface area contributed by atoms with Gasteiger partial charge in [0, 0.05) is 31.8 Å². The molecular weight excluding hydrogens is 274 g/mol. The number of amides is 1. The SMILES string of the molecule is COCCN(C(=O)/C=C/C(=O)O)C1CCS(=O)(=O)C1. The van der Waals surface area contributed by atoms with Crippen LogP contribution in [0.4, 0.5) is 0 Å². The van der Waals surface area contributed by atoms with Crippen LogP contribution in [-0.2, 0) is 24.2 Å². The molecular formula is C11H17NO6S. The van der Waals surface area contributed by atoms with Crippen molar-refractivity contribution in [1.29, 1.82) is 0 Å². The minimum atomic E-state index is -3.11. The van der Waals surface area contributed by atoms with Gasteiger partial charge in [-0.2, -0.15) is 0 Å². The molecule has 0 aromatic rings. The highest BCUT2D eigenvalue weighted by atomic mass is 32.2. The van der Waals surface area contributed by atoms with Crippen molar-refractivity contribution in [2.45, 2.75) is 12.5 Å². The molecule has 0 radical (unpaired) electrons. The number of aliphatic carboxylic acids is 1. The summed E-state index contributed by atoms with van der Waals surface area (Å²) < 4.78 is 27.7. The number of carboxylic acids is 1. The molecule has 108 valence electrons. The Kier molecular flexibility index (Phi) is 5.49. The van der Waals surface area contributed by atoms with Gasteiger partial charge in [0.1, 0.15) is 0 Å². The first-order chi connectivity index (χ1) is 8.85. The van der Waals surface area contributed by atoms with E-state index in [2.05, 4.69) is 0 Å². The number of hydrogen-bond donors (Lipinski definition) is 1. The molecule has 1 saturated heterocycles. The maximum absolute atomic E-state index is 11.9. The van der Waals surface area contributed by atoms with Gasteiger partial charge in [-0.3, -0.25) is 4.79 Å². The van der Waals surface area contributed by atoms with E-state index in [1.165, 1.54) is 12.0 Å². The van der Waals surface area contributed by atoms with Crippen molar-refractivity contribution in [3.63, 3.8) is 0 Å². The Morgan fingerprint density at radius 2 is 2.11 bits per heavy atom. The highest BCUT2D eigenvalue weighted by Gasteiger charge is 2.33. The highest BCUT2D eigenvalue weighted by molar-refractivity contribution is 7.91. The zero-order chi connectivity index (χ0) is 14.5. The van der Waals surface area contributed by atoms with Crippen LogP contribution in [0.15, 0.2) is 12.2 Å². The second-order valence-electron chi connectivity index (χ2n) is 4.25. The van der Waals surface area contributed by atoms with Crippen LogP contribution in [0.5, 0.6) is 0 Å². The van der Waals surface area contributed by atoms with E-state index in [1.807, 2.05) is 0 Å². The van der Waals surface area contributed by atoms with Crippen LogP contribution in [0.25, 0.3) is 0 Å². The van der Waals surface area contributed by atoms with Gasteiger partial charge < -0.3 is 14.7 Å². The van der Waals surface area contributed by atoms with Crippen LogP contribution in [0.3, 0.4) is 0 Å². The minimum Gasteiger partial charge on any atom is -0.478 e. The summed E-state index contributed by atoms with van der Waals surface area (Å²) in [5, 5.41) is 8.49. The van der Waals surface area contributed by atoms with Gasteiger partial charge in [0.25, 0.3) is 0 Å². The number of carbonyl (C=O) groups is 2. The minimum absolute atomic E-state index is 0.0527. The van der Waals surface area contributed by atoms with Crippen molar-refractivity contribution < 1.29 is 27.9 Å². The van der Waals surface area contributed by atoms with Crippen LogP contribution in [0.1, 0.15) is 6.42 Å². The molecule has 0 aliphatic carbocycles. The van der Waals surface area contributed by atoms with Crippen LogP contribution in [0, 0.1) is 0 Å². The molecule has 1 aliphatic rings. The van der Waals surface area contributed by atoms with Gasteiger partial charge in [-0.05, 0) is 6.42 Å². The summed E-state index contributed by atoms with van der Waals surface area (Å²) in [6, 6.07) is -0.411. The van der Waals surface area contributed by atoms with Gasteiger partial charge in [0.15, 0.2) is 9.84 Å². The first-order valence-corrected chi connectivity index (χ1v) is 7.59. The maximum atomic E-state index is 11.9. The summed E-state index contributed by atoms with van der Waals surface area (Å²) in [6.45, 7) is 0.503. The number of hydrogen-bond acceptors (Lipinski definition) is 5. The summed E-state index contributed by atoms with van der Waals surface area (Å²) in [6.07, 6.45) is 2.05. The second kappa shape index (κ2) is 6.67. The van der Waals surface area contributed by atoms with Crippen molar-refractivity contribution in [2.75, 3.05) is 31.8 Å². The van der Waals surface area contributed by atoms with E-state index in [-0.39, 0.29) is 24.7 Å². The Bertz CT molecular complexity index is 470. The van der Waals surface area contributed by atoms with E-state index in [0.717, 1.165) is 12.2 Å². The lowest BCUT2D eigenvalue weighted by atomic mass is 10.2. The topological polar surface area (TPSA) is 101 Å². The Labute approximate surface area is 111 Å². The van der Waals surface area contributed by atoms with Gasteiger partial charge in [0.2, 0.25) is 5.91 Å². The number of sulfone groups is 1. The molecule has 1 atom stereocenters. The van der Waals surface area contributed by atoms with E-state index in [0.29, 0.717) is 6.42 Å². The van der Waals surface area contributed by atoms with Crippen molar-refractivity contribution >= 4 is 21.7 Å². The lowest BCUT2D eigenvalue weighted by Gasteiger charge is -2.26. The third-order valence-electron chi connectivity index (χ3n) is 2.84. The monoisotopic (exact) mass is 291 g/mol. The van der Waals surface area contributed by atoms with Gasteiger partial charge in [0.05, 0.1) is 18.1 Å². The normalized spacial score (nSPS) is 21.6. The second-order valence-corrected chi connectivity index (χ2v) is 6.48. The molecule has 0 saturated carbocycles. The maximum Gasteiger partial charge on any atom is 0.328 e. The third-order valence-corrected chi connectivity index (χ3v) is 4.59. The molecule has 1 aliphatic heterocycles. The molecule has 0 spiro atoms. The Morgan fingerprint density at radius 1 is 1.42 bits per heavy atom. The van der Waals surface area contributed by atoms with E-state index in [1.54, 1.807) is 0 Å². The third kappa shape index (κ3) is 4.99. The summed E-state index contributed by atoms with van der Waals surface area (Å²) >= 11 is 0. The summed E-state index contributed by atoms with van der Waals surface area (Å²) in [4.78, 5) is 23.6. The fourth-order valence-electron chi connectivity index (χ4n) is 1.92. The standard InChI is InChI=1S/C11H17NO6S/c1-18-6-5-12(10(13)2-3-11(14)15)9-4-7-19(16,17)8-9/h2-3,9H,4-8H2,1H3,(H,14,15)/b3-2+. The average Bonchev–Trinajstić information content (AvgIpc) is 2.67. The molecule has 1 unspecified atom stereocenters. The molecule has 0 aromatic heterocycles. The summed E-state index contributed by atoms with van der Waals surface area (Å²) in [5.74, 6) is -1.76. The van der Waals surface area contributed by atoms with E-state index < -0.39 is 27.8 Å². The van der Waals surface area contributed by atoms with Crippen molar-refractivity contribution in [3.05, 3.63) is 12.2 Å². The lowest BCUT2D eigenvalue weighted by Crippen LogP contribution is -2.42. The van der Waals surface area contributed by atoms with Crippen molar-refractivity contribution in [1.82, 2.24) is 4.90 Å². The van der Waals surface area contributed by atoms with Gasteiger partial charge in [-0.1, -0.05) is 0 Å². The van der Waals surface area contributed by atoms with Crippen LogP contribution in [0.2, 0.25) is 0 Å². The molecule has 1 amide bonds. The Morgan fingerprint density at radius 3 is 2.58 bits per heavy atom. The fourth-order valence-corrected chi connectivity index (χ4v) is 3.65. The first-order valence-electron chi connectivity index (χ1n) is 5.76. The molecule has 0 bridgehead atoms. The number of carboxylic acid groups (broad SMARTS) is 1. The predicted molar refractivity (Wildman–Crippen MR) is 67.4 cm³/mol. The number of carbonyl (C=O) groups excluding carboxylic acids is 1. The zero-order valence-corrected chi connectivity index (χ0v) is 11.4. The largest absolute Gasteiger partial charge is 0.478 e. The number of rotatable bonds is 6. The van der Waals surface area contributed by atoms with Gasteiger partial charge >= 0.3 is 5.97 Å². The molecule has 0 aromatic carbocycles. The van der Waals surface area contributed by atoms with Crippen molar-refractivity contribution in [3.8, 4) is 0 Å². The van der Waals surface area contributed by atoms with Crippen LogP contribution < -0.4 is 0 Å². The number of nitrogens with zero attached hydrogens (tertiary/aromatic N) is 1. The van der Waals surface area contributed by atoms with Gasteiger partial charge in [-0.15, -0.1) is 0 Å². The average molecular weight is 291 g/mol. The Hall–Kier alpha value is -1.41. The highest BCUT2D eigenvalue weighted by Crippen LogP contribution is 2.18. The molecule has 1 heterocycles. The fraction of sp³-hybridized carbons (Fsp3) is 0.636. The number of ether oxygens (including phenoxy) is 1. The molecule has 1 fully saturated rings. The summed E-state index contributed by atoms with van der Waals surface area (Å²) in [7, 11) is -1.63. The molecule has 1 rings (SSSR count). The quantitative estimate of drug-likeness (QED) is 0.649. The smallest absolute Gasteiger partial charge is 0.328 e. The Balaban J connectivity index is 2.77. The van der Waals surface area contributed by atoms with E-state index in [9.17, 15) is 18.0 Å². The van der Waals surface area contributed by atoms with E-state index >= 15 is 0 Å². The lowest BCUT2D eigenvalue weighted by molar-refractivity contribution is -0.132. The molecule has 19 heavy (non-hydrogen) atoms. The first kappa shape index (κ1) is 15.6. The molecule has 1 N–H and O–H groups in total. The van der Waals surface area contributed by atoms with E-state index in [4.69, 9.17) is 9.84 Å². The molecule has 7 nitrogen and oxygen atoms in total. The molecule has 8 heteroatoms.